The van der Waals surface area contributed by atoms with Crippen LogP contribution in [0.3, 0.4) is 0 Å². The van der Waals surface area contributed by atoms with Crippen molar-refractivity contribution in [3.63, 3.8) is 0 Å². The molecule has 0 N–H and O–H groups in total. The lowest BCUT2D eigenvalue weighted by Gasteiger charge is -2.10. The third kappa shape index (κ3) is 1.51. The third-order valence-electron chi connectivity index (χ3n) is 4.19. The molecule has 0 aliphatic heterocycles. The van der Waals surface area contributed by atoms with Crippen LogP contribution in [0.1, 0.15) is 73.0 Å². The van der Waals surface area contributed by atoms with E-state index in [0.29, 0.717) is 0 Å². The van der Waals surface area contributed by atoms with E-state index >= 15 is 0 Å². The highest BCUT2D eigenvalue weighted by molar-refractivity contribution is 5.42. The first kappa shape index (κ1) is 8.38. The lowest BCUT2D eigenvalue weighted by Crippen LogP contribution is -1.92. The molecule has 0 amide bonds. The average Bonchev–Trinajstić information content (AvgIpc) is 3.19. The van der Waals surface area contributed by atoms with Gasteiger partial charge in [0.05, 0.1) is 0 Å². The second kappa shape index (κ2) is 2.87. The predicted octanol–water partition coefficient (Wildman–Crippen LogP) is 4.32. The van der Waals surface area contributed by atoms with Crippen LogP contribution in [0.4, 0.5) is 0 Å². The van der Waals surface area contributed by atoms with Crippen molar-refractivity contribution in [1.29, 1.82) is 0 Å². The van der Waals surface area contributed by atoms with Crippen LogP contribution in [-0.4, -0.2) is 0 Å². The second-order valence-electron chi connectivity index (χ2n) is 5.71. The maximum atomic E-state index is 2.56. The van der Waals surface area contributed by atoms with E-state index in [1.807, 2.05) is 0 Å². The normalized spacial score (nSPS) is 25.6. The molecule has 0 heteroatoms. The highest BCUT2D eigenvalue weighted by Crippen LogP contribution is 2.51. The molecule has 3 aliphatic carbocycles. The van der Waals surface area contributed by atoms with Gasteiger partial charge in [-0.1, -0.05) is 18.2 Å². The van der Waals surface area contributed by atoms with Crippen molar-refractivity contribution < 1.29 is 0 Å². The largest absolute Gasteiger partial charge is 0.0585 e. The minimum atomic E-state index is 0.927. The Morgan fingerprint density at radius 2 is 1.27 bits per heavy atom. The summed E-state index contributed by atoms with van der Waals surface area (Å²) >= 11 is 0. The van der Waals surface area contributed by atoms with Crippen molar-refractivity contribution in [2.24, 2.45) is 0 Å². The molecule has 1 aromatic rings. The SMILES string of the molecule is c1cc(C2CC2)c(C2CC2)cc1C1CC1. The Morgan fingerprint density at radius 3 is 1.87 bits per heavy atom. The molecule has 0 heterocycles. The summed E-state index contributed by atoms with van der Waals surface area (Å²) in [6.45, 7) is 0. The van der Waals surface area contributed by atoms with Gasteiger partial charge in [-0.25, -0.2) is 0 Å². The van der Waals surface area contributed by atoms with Crippen LogP contribution in [-0.2, 0) is 0 Å². The van der Waals surface area contributed by atoms with Crippen molar-refractivity contribution in [2.45, 2.75) is 56.3 Å². The first-order valence-electron chi connectivity index (χ1n) is 6.55. The zero-order chi connectivity index (χ0) is 9.83. The molecule has 3 aliphatic rings. The van der Waals surface area contributed by atoms with Gasteiger partial charge in [0.25, 0.3) is 0 Å². The molecule has 0 atom stereocenters. The molecule has 0 saturated heterocycles. The van der Waals surface area contributed by atoms with Crippen LogP contribution < -0.4 is 0 Å². The van der Waals surface area contributed by atoms with E-state index in [0.717, 1.165) is 17.8 Å². The first-order chi connectivity index (χ1) is 7.42. The van der Waals surface area contributed by atoms with Crippen molar-refractivity contribution in [2.75, 3.05) is 0 Å². The van der Waals surface area contributed by atoms with Gasteiger partial charge in [0, 0.05) is 0 Å². The topological polar surface area (TPSA) is 0 Å². The van der Waals surface area contributed by atoms with Gasteiger partial charge in [0.15, 0.2) is 0 Å². The molecule has 0 unspecified atom stereocenters. The van der Waals surface area contributed by atoms with E-state index < -0.39 is 0 Å². The van der Waals surface area contributed by atoms with Gasteiger partial charge in [-0.05, 0) is 73.0 Å². The summed E-state index contributed by atoms with van der Waals surface area (Å²) in [5.41, 5.74) is 5.09. The van der Waals surface area contributed by atoms with Crippen LogP contribution in [0.2, 0.25) is 0 Å². The summed E-state index contributed by atoms with van der Waals surface area (Å²) in [7, 11) is 0. The lowest BCUT2D eigenvalue weighted by molar-refractivity contribution is 0.998. The van der Waals surface area contributed by atoms with Gasteiger partial charge >= 0.3 is 0 Å². The smallest absolute Gasteiger partial charge is 0.0159 e. The van der Waals surface area contributed by atoms with Crippen LogP contribution in [0.25, 0.3) is 0 Å². The zero-order valence-electron chi connectivity index (χ0n) is 9.21. The van der Waals surface area contributed by atoms with Gasteiger partial charge < -0.3 is 0 Å². The van der Waals surface area contributed by atoms with Crippen molar-refractivity contribution in [3.05, 3.63) is 34.9 Å². The summed E-state index contributed by atoms with van der Waals surface area (Å²) < 4.78 is 0. The first-order valence-corrected chi connectivity index (χ1v) is 6.55. The monoisotopic (exact) mass is 198 g/mol. The molecule has 0 aromatic heterocycles. The van der Waals surface area contributed by atoms with Crippen LogP contribution in [0, 0.1) is 0 Å². The molecule has 4 rings (SSSR count). The summed E-state index contributed by atoms with van der Waals surface area (Å²) in [5.74, 6) is 2.81. The van der Waals surface area contributed by atoms with E-state index in [4.69, 9.17) is 0 Å². The van der Waals surface area contributed by atoms with E-state index in [-0.39, 0.29) is 0 Å². The Hall–Kier alpha value is -0.780. The molecule has 78 valence electrons. The molecule has 0 spiro atoms. The average molecular weight is 198 g/mol. The van der Waals surface area contributed by atoms with Gasteiger partial charge in [-0.3, -0.25) is 0 Å². The fourth-order valence-corrected chi connectivity index (χ4v) is 2.78. The number of rotatable bonds is 3. The molecule has 0 bridgehead atoms. The maximum Gasteiger partial charge on any atom is -0.0159 e. The van der Waals surface area contributed by atoms with E-state index in [1.165, 1.54) is 38.5 Å². The Balaban J connectivity index is 1.76. The van der Waals surface area contributed by atoms with E-state index in [1.54, 1.807) is 16.7 Å². The lowest BCUT2D eigenvalue weighted by atomic mass is 9.95. The predicted molar refractivity (Wildman–Crippen MR) is 62.4 cm³/mol. The van der Waals surface area contributed by atoms with Crippen LogP contribution in [0.5, 0.6) is 0 Å². The number of benzene rings is 1. The minimum absolute atomic E-state index is 0.927. The van der Waals surface area contributed by atoms with Gasteiger partial charge in [-0.2, -0.15) is 0 Å². The van der Waals surface area contributed by atoms with Crippen LogP contribution >= 0.6 is 0 Å². The number of hydrogen-bond acceptors (Lipinski definition) is 0. The maximum absolute atomic E-state index is 2.56. The van der Waals surface area contributed by atoms with Crippen molar-refractivity contribution >= 4 is 0 Å². The second-order valence-corrected chi connectivity index (χ2v) is 5.71. The molecule has 15 heavy (non-hydrogen) atoms. The minimum Gasteiger partial charge on any atom is -0.0585 e. The Bertz CT molecular complexity index is 392. The number of hydrogen-bond donors (Lipinski definition) is 0. The van der Waals surface area contributed by atoms with Crippen molar-refractivity contribution in [1.82, 2.24) is 0 Å². The molecule has 3 saturated carbocycles. The summed E-state index contributed by atoms with van der Waals surface area (Å²) in [6.07, 6.45) is 8.67. The Labute approximate surface area is 91.7 Å². The standard InChI is InChI=1S/C15H18/c1-2-10(1)13-7-8-14(11-3-4-11)15(9-13)12-5-6-12/h7-12H,1-6H2. The molecular formula is C15H18. The zero-order valence-corrected chi connectivity index (χ0v) is 9.21. The van der Waals surface area contributed by atoms with Gasteiger partial charge in [0.2, 0.25) is 0 Å². The quantitative estimate of drug-likeness (QED) is 0.678. The van der Waals surface area contributed by atoms with Gasteiger partial charge in [0.1, 0.15) is 0 Å². The fraction of sp³-hybridized carbons (Fsp3) is 0.600. The Morgan fingerprint density at radius 1 is 0.667 bits per heavy atom. The van der Waals surface area contributed by atoms with Crippen LogP contribution in [0.15, 0.2) is 18.2 Å². The molecule has 0 radical (unpaired) electrons. The molecule has 0 nitrogen and oxygen atoms in total. The molecule has 1 aromatic carbocycles. The van der Waals surface area contributed by atoms with E-state index in [2.05, 4.69) is 18.2 Å². The Kier molecular flexibility index (Phi) is 1.60. The highest BCUT2D eigenvalue weighted by atomic mass is 14.4. The van der Waals surface area contributed by atoms with Crippen molar-refractivity contribution in [3.8, 4) is 0 Å². The molecule has 3 fully saturated rings. The summed E-state index contributed by atoms with van der Waals surface area (Å²) in [4.78, 5) is 0. The third-order valence-corrected chi connectivity index (χ3v) is 4.19. The summed E-state index contributed by atoms with van der Waals surface area (Å²) in [6, 6.07) is 7.43. The highest BCUT2D eigenvalue weighted by Gasteiger charge is 2.34. The molecular weight excluding hydrogens is 180 g/mol. The summed E-state index contributed by atoms with van der Waals surface area (Å²) in [5, 5.41) is 0. The fourth-order valence-electron chi connectivity index (χ4n) is 2.78. The van der Waals surface area contributed by atoms with Gasteiger partial charge in [-0.15, -0.1) is 0 Å². The van der Waals surface area contributed by atoms with E-state index in [9.17, 15) is 0 Å².